The summed E-state index contributed by atoms with van der Waals surface area (Å²) in [6.45, 7) is 9.81. The number of amides is 1. The van der Waals surface area contributed by atoms with Crippen molar-refractivity contribution in [3.05, 3.63) is 23.3 Å². The number of hydrogen-bond acceptors (Lipinski definition) is 6. The van der Waals surface area contributed by atoms with Gasteiger partial charge in [-0.15, -0.1) is 0 Å². The largest absolute Gasteiger partial charge is 0.497 e. The summed E-state index contributed by atoms with van der Waals surface area (Å²) in [5.74, 6) is 0.581. The van der Waals surface area contributed by atoms with Crippen LogP contribution in [0.15, 0.2) is 17.0 Å². The van der Waals surface area contributed by atoms with E-state index in [4.69, 9.17) is 9.47 Å². The minimum Gasteiger partial charge on any atom is -0.497 e. The van der Waals surface area contributed by atoms with E-state index in [1.807, 2.05) is 26.0 Å². The van der Waals surface area contributed by atoms with Gasteiger partial charge in [-0.1, -0.05) is 19.3 Å². The number of methoxy groups -OCH3 is 1. The molecule has 1 amide bonds. The Morgan fingerprint density at radius 3 is 2.26 bits per heavy atom. The Morgan fingerprint density at radius 2 is 1.71 bits per heavy atom. The number of ether oxygens (including phenoxy) is 2. The van der Waals surface area contributed by atoms with Crippen molar-refractivity contribution in [2.75, 3.05) is 74.2 Å². The van der Waals surface area contributed by atoms with E-state index in [9.17, 15) is 9.00 Å². The van der Waals surface area contributed by atoms with Crippen molar-refractivity contribution >= 4 is 16.9 Å². The van der Waals surface area contributed by atoms with Gasteiger partial charge >= 0.3 is 0 Å². The highest BCUT2D eigenvalue weighted by Gasteiger charge is 2.23. The summed E-state index contributed by atoms with van der Waals surface area (Å²) >= 11 is 0. The molecule has 1 N–H and O–H groups in total. The summed E-state index contributed by atoms with van der Waals surface area (Å²) in [5, 5.41) is 2.48. The van der Waals surface area contributed by atoms with Crippen molar-refractivity contribution in [3.63, 3.8) is 0 Å². The van der Waals surface area contributed by atoms with Crippen LogP contribution < -0.4 is 10.1 Å². The van der Waals surface area contributed by atoms with Gasteiger partial charge in [-0.2, -0.15) is 0 Å². The number of piperazine rings is 1. The molecule has 0 aromatic heterocycles. The second-order valence-electron chi connectivity index (χ2n) is 9.55. The number of nitrogens with zero attached hydrogens (tertiary/aromatic N) is 3. The molecule has 0 radical (unpaired) electrons. The van der Waals surface area contributed by atoms with Gasteiger partial charge < -0.3 is 19.7 Å². The van der Waals surface area contributed by atoms with E-state index in [1.54, 1.807) is 25.5 Å². The van der Waals surface area contributed by atoms with Crippen LogP contribution in [0.3, 0.4) is 0 Å². The summed E-state index contributed by atoms with van der Waals surface area (Å²) in [6.07, 6.45) is 7.34. The van der Waals surface area contributed by atoms with Gasteiger partial charge in [-0.25, -0.2) is 8.51 Å². The lowest BCUT2D eigenvalue weighted by Crippen LogP contribution is -2.49. The number of carbonyl (C=O) groups excluding carboxylic acids is 1. The number of carbonyl (C=O) groups is 1. The molecule has 1 heterocycles. The van der Waals surface area contributed by atoms with E-state index in [0.29, 0.717) is 13.2 Å². The molecule has 8 nitrogen and oxygen atoms in total. The lowest BCUT2D eigenvalue weighted by Gasteiger charge is -2.39. The molecule has 1 aromatic carbocycles. The lowest BCUT2D eigenvalue weighted by atomic mass is 9.94. The first-order valence-corrected chi connectivity index (χ1v) is 13.9. The first kappa shape index (κ1) is 29.7. The van der Waals surface area contributed by atoms with Gasteiger partial charge in [-0.05, 0) is 57.0 Å². The molecule has 1 saturated heterocycles. The maximum atomic E-state index is 12.6. The Morgan fingerprint density at radius 1 is 1.11 bits per heavy atom. The van der Waals surface area contributed by atoms with Gasteiger partial charge in [-0.3, -0.25) is 9.69 Å². The Kier molecular flexibility index (Phi) is 13.2. The van der Waals surface area contributed by atoms with E-state index in [2.05, 4.69) is 22.2 Å². The summed E-state index contributed by atoms with van der Waals surface area (Å²) in [5.41, 5.74) is 1.85. The molecule has 1 atom stereocenters. The zero-order chi connectivity index (χ0) is 25.8. The normalized spacial score (nSPS) is 18.6. The van der Waals surface area contributed by atoms with Gasteiger partial charge in [0.05, 0.1) is 18.6 Å². The second-order valence-corrected chi connectivity index (χ2v) is 11.1. The molecule has 0 spiro atoms. The highest BCUT2D eigenvalue weighted by atomic mass is 32.2. The zero-order valence-electron chi connectivity index (χ0n) is 22.6. The fourth-order valence-corrected chi connectivity index (χ4v) is 5.83. The molecule has 1 aliphatic heterocycles. The summed E-state index contributed by atoms with van der Waals surface area (Å²) < 4.78 is 24.8. The molecule has 1 aliphatic carbocycles. The molecule has 200 valence electrons. The second kappa shape index (κ2) is 15.6. The minimum absolute atomic E-state index is 0.0115. The van der Waals surface area contributed by atoms with Crippen molar-refractivity contribution in [1.29, 1.82) is 0 Å². The van der Waals surface area contributed by atoms with E-state index < -0.39 is 11.0 Å². The van der Waals surface area contributed by atoms with Crippen LogP contribution in [0.1, 0.15) is 43.2 Å². The predicted octanol–water partition coefficient (Wildman–Crippen LogP) is 2.60. The Balaban J connectivity index is 0.000000279. The van der Waals surface area contributed by atoms with Crippen LogP contribution in [0.25, 0.3) is 0 Å². The Hall–Kier alpha value is -1.52. The number of aryl methyl sites for hydroxylation is 2. The first-order chi connectivity index (χ1) is 16.8. The number of hydrogen-bond donors (Lipinski definition) is 1. The van der Waals surface area contributed by atoms with Crippen molar-refractivity contribution in [3.8, 4) is 5.75 Å². The van der Waals surface area contributed by atoms with Crippen LogP contribution in [0.5, 0.6) is 5.75 Å². The van der Waals surface area contributed by atoms with Gasteiger partial charge in [0, 0.05) is 52.9 Å². The number of benzene rings is 1. The number of rotatable bonds is 9. The number of nitrogens with one attached hydrogen (secondary N) is 1. The van der Waals surface area contributed by atoms with Crippen LogP contribution in [0, 0.1) is 13.8 Å². The predicted molar refractivity (Wildman–Crippen MR) is 142 cm³/mol. The Bertz CT molecular complexity index is 786. The van der Waals surface area contributed by atoms with Crippen molar-refractivity contribution in [2.45, 2.75) is 56.9 Å². The van der Waals surface area contributed by atoms with Gasteiger partial charge in [0.15, 0.2) is 0 Å². The van der Waals surface area contributed by atoms with E-state index in [0.717, 1.165) is 27.8 Å². The van der Waals surface area contributed by atoms with Crippen molar-refractivity contribution in [2.24, 2.45) is 0 Å². The fraction of sp³-hybridized carbons (Fsp3) is 0.731. The van der Waals surface area contributed by atoms with E-state index >= 15 is 0 Å². The van der Waals surface area contributed by atoms with Crippen molar-refractivity contribution < 1.29 is 18.5 Å². The highest BCUT2D eigenvalue weighted by molar-refractivity contribution is 7.82. The topological polar surface area (TPSA) is 74.4 Å². The summed E-state index contributed by atoms with van der Waals surface area (Å²) in [6, 6.07) is 4.68. The lowest BCUT2D eigenvalue weighted by molar-refractivity contribution is -0.125. The van der Waals surface area contributed by atoms with Crippen LogP contribution in [-0.2, 0) is 20.5 Å². The molecule has 9 heteroatoms. The molecule has 1 unspecified atom stereocenters. The molecule has 35 heavy (non-hydrogen) atoms. The summed E-state index contributed by atoms with van der Waals surface area (Å²) in [7, 11) is 5.89. The molecule has 2 fully saturated rings. The summed E-state index contributed by atoms with van der Waals surface area (Å²) in [4.78, 5) is 17.0. The standard InChI is InChI=1S/C15H24N2O4S.C11H22N2/c1-11-8-13(20-5)9-12(2)15(11)22(19)17(4)6-7-21-10-14(18)16-3;1-12-7-9-13(10-8-12)11-5-3-2-4-6-11/h8-9H,6-7,10H2,1-5H3,(H,16,18);11H,2-10H2,1H3. The average molecular weight is 511 g/mol. The maximum absolute atomic E-state index is 12.6. The molecular weight excluding hydrogens is 464 g/mol. The number of likely N-dealkylation sites (N-methyl/N-ethyl adjacent to an activating group) is 3. The Labute approximate surface area is 214 Å². The monoisotopic (exact) mass is 510 g/mol. The zero-order valence-corrected chi connectivity index (χ0v) is 23.4. The third-order valence-electron chi connectivity index (χ3n) is 6.82. The minimum atomic E-state index is -1.28. The molecule has 0 bridgehead atoms. The van der Waals surface area contributed by atoms with Crippen LogP contribution >= 0.6 is 0 Å². The van der Waals surface area contributed by atoms with E-state index in [-0.39, 0.29) is 12.5 Å². The smallest absolute Gasteiger partial charge is 0.245 e. The van der Waals surface area contributed by atoms with Crippen LogP contribution in [-0.4, -0.2) is 104 Å². The highest BCUT2D eigenvalue weighted by Crippen LogP contribution is 2.25. The third kappa shape index (κ3) is 9.80. The van der Waals surface area contributed by atoms with Crippen LogP contribution in [0.4, 0.5) is 0 Å². The van der Waals surface area contributed by atoms with E-state index in [1.165, 1.54) is 58.3 Å². The van der Waals surface area contributed by atoms with Gasteiger partial charge in [0.1, 0.15) is 23.3 Å². The average Bonchev–Trinajstić information content (AvgIpc) is 2.87. The maximum Gasteiger partial charge on any atom is 0.245 e. The van der Waals surface area contributed by atoms with Gasteiger partial charge in [0.2, 0.25) is 5.91 Å². The molecule has 1 saturated carbocycles. The fourth-order valence-electron chi connectivity index (χ4n) is 4.61. The molecule has 3 rings (SSSR count). The quantitative estimate of drug-likeness (QED) is 0.515. The van der Waals surface area contributed by atoms with Crippen LogP contribution in [0.2, 0.25) is 0 Å². The van der Waals surface area contributed by atoms with Crippen molar-refractivity contribution in [1.82, 2.24) is 19.4 Å². The molecular formula is C26H46N4O4S. The molecule has 1 aromatic rings. The van der Waals surface area contributed by atoms with Gasteiger partial charge in [0.25, 0.3) is 0 Å². The third-order valence-corrected chi connectivity index (χ3v) is 8.56. The SMILES string of the molecule is CN1CCN(C2CCCCC2)CC1.CNC(=O)COCCN(C)S(=O)c1c(C)cc(OC)cc1C. The molecule has 2 aliphatic rings. The first-order valence-electron chi connectivity index (χ1n) is 12.8.